The number of ether oxygens (including phenoxy) is 4. The zero-order valence-corrected chi connectivity index (χ0v) is 23.7. The molecule has 1 saturated carbocycles. The van der Waals surface area contributed by atoms with Gasteiger partial charge in [0.05, 0.1) is 19.8 Å². The van der Waals surface area contributed by atoms with Gasteiger partial charge in [-0.25, -0.2) is 4.79 Å². The van der Waals surface area contributed by atoms with Crippen LogP contribution in [0.15, 0.2) is 42.5 Å². The van der Waals surface area contributed by atoms with Gasteiger partial charge in [0.25, 0.3) is 0 Å². The molecular weight excluding hydrogens is 516 g/mol. The van der Waals surface area contributed by atoms with Crippen LogP contribution < -0.4 is 4.74 Å². The normalized spacial score (nSPS) is 22.6. The second-order valence-corrected chi connectivity index (χ2v) is 12.4. The van der Waals surface area contributed by atoms with Gasteiger partial charge in [-0.05, 0) is 87.4 Å². The van der Waals surface area contributed by atoms with Crippen LogP contribution in [0.2, 0.25) is 5.02 Å². The van der Waals surface area contributed by atoms with Gasteiger partial charge in [0.2, 0.25) is 0 Å². The number of benzene rings is 2. The summed E-state index contributed by atoms with van der Waals surface area (Å²) >= 11 is 6.34. The van der Waals surface area contributed by atoms with Gasteiger partial charge in [-0.15, -0.1) is 0 Å². The number of aromatic nitrogens is 1. The van der Waals surface area contributed by atoms with Crippen molar-refractivity contribution in [2.45, 2.75) is 70.8 Å². The van der Waals surface area contributed by atoms with Crippen LogP contribution >= 0.6 is 11.6 Å². The summed E-state index contributed by atoms with van der Waals surface area (Å²) in [6.45, 7) is 8.18. The summed E-state index contributed by atoms with van der Waals surface area (Å²) in [7, 11) is 0. The van der Waals surface area contributed by atoms with E-state index in [4.69, 9.17) is 30.5 Å². The van der Waals surface area contributed by atoms with Crippen molar-refractivity contribution in [1.29, 1.82) is 0 Å². The van der Waals surface area contributed by atoms with Crippen molar-refractivity contribution in [3.05, 3.63) is 64.3 Å². The third kappa shape index (κ3) is 5.49. The Balaban J connectivity index is 1.25. The molecule has 2 fully saturated rings. The highest BCUT2D eigenvalue weighted by molar-refractivity contribution is 6.31. The number of aromatic amines is 1. The molecule has 0 radical (unpaired) electrons. The Kier molecular flexibility index (Phi) is 7.02. The third-order valence-corrected chi connectivity index (χ3v) is 8.45. The molecule has 8 heteroatoms. The lowest BCUT2D eigenvalue weighted by molar-refractivity contribution is -0.285. The molecule has 39 heavy (non-hydrogen) atoms. The first-order valence-corrected chi connectivity index (χ1v) is 14.4. The van der Waals surface area contributed by atoms with Gasteiger partial charge in [0.15, 0.2) is 5.79 Å². The van der Waals surface area contributed by atoms with Crippen LogP contribution in [0.1, 0.15) is 69.3 Å². The summed E-state index contributed by atoms with van der Waals surface area (Å²) in [6.07, 6.45) is 4.62. The van der Waals surface area contributed by atoms with E-state index >= 15 is 0 Å². The van der Waals surface area contributed by atoms with Crippen LogP contribution in [0, 0.1) is 5.41 Å². The monoisotopic (exact) mass is 552 g/mol. The first kappa shape index (κ1) is 26.5. The molecule has 3 aliphatic rings. The second kappa shape index (κ2) is 10.3. The van der Waals surface area contributed by atoms with Gasteiger partial charge in [-0.3, -0.25) is 4.90 Å². The van der Waals surface area contributed by atoms with Gasteiger partial charge >= 0.3 is 6.09 Å². The molecule has 1 N–H and O–H groups in total. The van der Waals surface area contributed by atoms with E-state index in [1.165, 1.54) is 5.56 Å². The molecule has 2 aliphatic heterocycles. The van der Waals surface area contributed by atoms with E-state index in [0.717, 1.165) is 60.0 Å². The minimum absolute atomic E-state index is 0.0107. The fourth-order valence-electron chi connectivity index (χ4n) is 5.89. The minimum Gasteiger partial charge on any atom is -0.493 e. The molecule has 1 aliphatic carbocycles. The number of carbonyl (C=O) groups excluding carboxylic acids is 1. The lowest BCUT2D eigenvalue weighted by Crippen LogP contribution is -2.47. The van der Waals surface area contributed by atoms with E-state index in [-0.39, 0.29) is 23.7 Å². The summed E-state index contributed by atoms with van der Waals surface area (Å²) in [5.41, 5.74) is 4.02. The molecule has 3 heterocycles. The predicted octanol–water partition coefficient (Wildman–Crippen LogP) is 7.02. The Morgan fingerprint density at radius 3 is 2.51 bits per heavy atom. The Morgan fingerprint density at radius 2 is 1.79 bits per heavy atom. The topological polar surface area (TPSA) is 73.0 Å². The Bertz CT molecular complexity index is 1340. The maximum Gasteiger partial charge on any atom is 0.410 e. The van der Waals surface area contributed by atoms with Gasteiger partial charge in [0, 0.05) is 33.6 Å². The third-order valence-electron chi connectivity index (χ3n) is 8.21. The molecule has 208 valence electrons. The first-order chi connectivity index (χ1) is 18.7. The number of halogens is 1. The van der Waals surface area contributed by atoms with E-state index in [1.807, 2.05) is 61.2 Å². The van der Waals surface area contributed by atoms with Crippen molar-refractivity contribution >= 4 is 28.6 Å². The van der Waals surface area contributed by atoms with Gasteiger partial charge in [-0.2, -0.15) is 0 Å². The number of hydrogen-bond acceptors (Lipinski definition) is 5. The lowest BCUT2D eigenvalue weighted by Gasteiger charge is -2.41. The van der Waals surface area contributed by atoms with Crippen molar-refractivity contribution in [3.8, 4) is 5.75 Å². The van der Waals surface area contributed by atoms with Crippen LogP contribution in [0.3, 0.4) is 0 Å². The molecule has 1 aromatic heterocycles. The maximum atomic E-state index is 13.5. The summed E-state index contributed by atoms with van der Waals surface area (Å²) in [5.74, 6) is 0.211. The Hall–Kier alpha value is -2.74. The van der Waals surface area contributed by atoms with E-state index in [2.05, 4.69) is 11.9 Å². The summed E-state index contributed by atoms with van der Waals surface area (Å²) in [6, 6.07) is 13.7. The molecule has 3 aromatic rings. The van der Waals surface area contributed by atoms with E-state index in [1.54, 1.807) is 0 Å². The largest absolute Gasteiger partial charge is 0.493 e. The molecule has 2 aromatic carbocycles. The molecule has 6 rings (SSSR count). The SMILES string of the molecule is CC1(COc2ccc(C3c4[nH]c5ccc(Cl)cc5c4CCN3C(=O)OC3CCCC3)cc2)COC(C)(C)OC1. The van der Waals surface area contributed by atoms with Crippen molar-refractivity contribution in [2.24, 2.45) is 5.41 Å². The molecule has 1 unspecified atom stereocenters. The molecule has 0 spiro atoms. The summed E-state index contributed by atoms with van der Waals surface area (Å²) < 4.78 is 23.8. The van der Waals surface area contributed by atoms with Crippen LogP contribution in [-0.2, 0) is 20.6 Å². The average molecular weight is 553 g/mol. The zero-order chi connectivity index (χ0) is 27.2. The van der Waals surface area contributed by atoms with Gasteiger partial charge < -0.3 is 23.9 Å². The number of fused-ring (bicyclic) bond motifs is 3. The first-order valence-electron chi connectivity index (χ1n) is 14.0. The van der Waals surface area contributed by atoms with Crippen LogP contribution in [-0.4, -0.2) is 54.2 Å². The predicted molar refractivity (Wildman–Crippen MR) is 150 cm³/mol. The molecule has 1 atom stereocenters. The van der Waals surface area contributed by atoms with Gasteiger partial charge in [-0.1, -0.05) is 30.7 Å². The molecule has 7 nitrogen and oxygen atoms in total. The van der Waals surface area contributed by atoms with Crippen molar-refractivity contribution in [2.75, 3.05) is 26.4 Å². The number of nitrogens with zero attached hydrogens (tertiary/aromatic N) is 1. The van der Waals surface area contributed by atoms with Crippen LogP contribution in [0.25, 0.3) is 10.9 Å². The highest BCUT2D eigenvalue weighted by atomic mass is 35.5. The molecule has 0 bridgehead atoms. The summed E-state index contributed by atoms with van der Waals surface area (Å²) in [5, 5.41) is 1.82. The summed E-state index contributed by atoms with van der Waals surface area (Å²) in [4.78, 5) is 18.9. The van der Waals surface area contributed by atoms with E-state index in [9.17, 15) is 4.79 Å². The zero-order valence-electron chi connectivity index (χ0n) is 22.9. The number of H-pyrrole nitrogens is 1. The number of nitrogens with one attached hydrogen (secondary N) is 1. The van der Waals surface area contributed by atoms with E-state index in [0.29, 0.717) is 31.4 Å². The van der Waals surface area contributed by atoms with Crippen molar-refractivity contribution < 1.29 is 23.7 Å². The Morgan fingerprint density at radius 1 is 1.08 bits per heavy atom. The maximum absolute atomic E-state index is 13.5. The molecule has 1 saturated heterocycles. The van der Waals surface area contributed by atoms with E-state index < -0.39 is 5.79 Å². The highest BCUT2D eigenvalue weighted by Crippen LogP contribution is 2.40. The average Bonchev–Trinajstić information content (AvgIpc) is 3.57. The number of amides is 1. The standard InChI is InChI=1S/C31H37ClN2O5/c1-30(2)37-18-31(3,19-38-30)17-36-22-11-8-20(9-12-22)28-27-24(25-16-21(32)10-13-26(25)33-27)14-15-34(28)29(35)39-23-6-4-5-7-23/h8-13,16,23,28,33H,4-7,14-15,17-19H2,1-3H3. The quantitative estimate of drug-likeness (QED) is 0.368. The minimum atomic E-state index is -0.557. The van der Waals surface area contributed by atoms with Crippen LogP contribution in [0.5, 0.6) is 5.75 Å². The number of carbonyl (C=O) groups is 1. The van der Waals surface area contributed by atoms with Gasteiger partial charge in [0.1, 0.15) is 17.9 Å². The fraction of sp³-hybridized carbons (Fsp3) is 0.516. The smallest absolute Gasteiger partial charge is 0.410 e. The van der Waals surface area contributed by atoms with Crippen LogP contribution in [0.4, 0.5) is 4.79 Å². The molecule has 1 amide bonds. The van der Waals surface area contributed by atoms with Crippen molar-refractivity contribution in [1.82, 2.24) is 9.88 Å². The second-order valence-electron chi connectivity index (χ2n) is 12.0. The Labute approximate surface area is 234 Å². The lowest BCUT2D eigenvalue weighted by atomic mass is 9.92. The van der Waals surface area contributed by atoms with Crippen molar-refractivity contribution in [3.63, 3.8) is 0 Å². The fourth-order valence-corrected chi connectivity index (χ4v) is 6.06. The number of rotatable bonds is 5. The highest BCUT2D eigenvalue weighted by Gasteiger charge is 2.38. The molecular formula is C31H37ClN2O5. The number of hydrogen-bond donors (Lipinski definition) is 1.